The van der Waals surface area contributed by atoms with Crippen LogP contribution in [0.2, 0.25) is 0 Å². The van der Waals surface area contributed by atoms with E-state index in [0.29, 0.717) is 29.2 Å². The van der Waals surface area contributed by atoms with E-state index in [1.807, 2.05) is 12.1 Å². The van der Waals surface area contributed by atoms with Gasteiger partial charge in [-0.15, -0.1) is 0 Å². The summed E-state index contributed by atoms with van der Waals surface area (Å²) in [6.07, 6.45) is 3.58. The molecule has 0 fully saturated rings. The van der Waals surface area contributed by atoms with Gasteiger partial charge in [-0.25, -0.2) is 9.79 Å². The largest absolute Gasteiger partial charge is 0.494 e. The number of aliphatic imine (C=N–C) groups is 1. The average Bonchev–Trinajstić information content (AvgIpc) is 3.18. The van der Waals surface area contributed by atoms with Crippen molar-refractivity contribution < 1.29 is 33.3 Å². The van der Waals surface area contributed by atoms with E-state index in [0.717, 1.165) is 18.6 Å². The van der Waals surface area contributed by atoms with Crippen molar-refractivity contribution in [2.24, 2.45) is 10.7 Å². The van der Waals surface area contributed by atoms with Gasteiger partial charge in [0.15, 0.2) is 23.8 Å². The van der Waals surface area contributed by atoms with Crippen LogP contribution >= 0.6 is 0 Å². The molecule has 1 heterocycles. The lowest BCUT2D eigenvalue weighted by Crippen LogP contribution is -2.20. The summed E-state index contributed by atoms with van der Waals surface area (Å²) >= 11 is 0. The fourth-order valence-electron chi connectivity index (χ4n) is 2.99. The van der Waals surface area contributed by atoms with E-state index in [1.165, 1.54) is 14.2 Å². The van der Waals surface area contributed by atoms with Crippen molar-refractivity contribution in [3.05, 3.63) is 53.2 Å². The summed E-state index contributed by atoms with van der Waals surface area (Å²) in [4.78, 5) is 27.8. The molecule has 0 radical (unpaired) electrons. The van der Waals surface area contributed by atoms with Crippen LogP contribution in [0.1, 0.15) is 30.9 Å². The summed E-state index contributed by atoms with van der Waals surface area (Å²) in [7, 11) is 2.89. The molecule has 9 heteroatoms. The quantitative estimate of drug-likeness (QED) is 0.315. The zero-order valence-electron chi connectivity index (χ0n) is 18.8. The Labute approximate surface area is 191 Å². The number of cyclic esters (lactones) is 1. The highest BCUT2D eigenvalue weighted by Gasteiger charge is 2.25. The van der Waals surface area contributed by atoms with Crippen LogP contribution in [0.25, 0.3) is 6.08 Å². The molecule has 0 atom stereocenters. The molecule has 0 spiro atoms. The maximum atomic E-state index is 12.4. The minimum Gasteiger partial charge on any atom is -0.494 e. The molecule has 1 aliphatic rings. The summed E-state index contributed by atoms with van der Waals surface area (Å²) in [5, 5.41) is 0. The lowest BCUT2D eigenvalue weighted by atomic mass is 10.1. The number of primary amides is 1. The SMILES string of the molecule is CCCCOc1ccc(C2=N/C(=C\c3cc(OC)c(OCC(N)=O)c(OC)c3)C(=O)O2)cc1. The van der Waals surface area contributed by atoms with Gasteiger partial charge in [0.1, 0.15) is 5.75 Å². The van der Waals surface area contributed by atoms with Crippen molar-refractivity contribution in [3.8, 4) is 23.0 Å². The Kier molecular flexibility index (Phi) is 7.91. The van der Waals surface area contributed by atoms with E-state index in [4.69, 9.17) is 29.4 Å². The molecule has 2 aromatic carbocycles. The van der Waals surface area contributed by atoms with Gasteiger partial charge in [-0.3, -0.25) is 4.79 Å². The van der Waals surface area contributed by atoms with Gasteiger partial charge in [0.05, 0.1) is 20.8 Å². The Morgan fingerprint density at radius 3 is 2.33 bits per heavy atom. The monoisotopic (exact) mass is 454 g/mol. The Balaban J connectivity index is 1.84. The highest BCUT2D eigenvalue weighted by molar-refractivity contribution is 6.12. The number of carbonyl (C=O) groups is 2. The molecule has 0 aliphatic carbocycles. The number of nitrogens with two attached hydrogens (primary N) is 1. The van der Waals surface area contributed by atoms with Gasteiger partial charge >= 0.3 is 5.97 Å². The summed E-state index contributed by atoms with van der Waals surface area (Å²) in [5.41, 5.74) is 6.47. The molecule has 33 heavy (non-hydrogen) atoms. The van der Waals surface area contributed by atoms with Gasteiger partial charge in [-0.1, -0.05) is 13.3 Å². The Hall–Kier alpha value is -4.01. The molecule has 1 aliphatic heterocycles. The Morgan fingerprint density at radius 1 is 1.09 bits per heavy atom. The van der Waals surface area contributed by atoms with Crippen LogP contribution in [0.4, 0.5) is 0 Å². The first-order valence-corrected chi connectivity index (χ1v) is 10.4. The number of amides is 1. The second-order valence-electron chi connectivity index (χ2n) is 7.07. The zero-order valence-corrected chi connectivity index (χ0v) is 18.8. The molecule has 2 aromatic rings. The topological polar surface area (TPSA) is 119 Å². The summed E-state index contributed by atoms with van der Waals surface area (Å²) in [6.45, 7) is 2.41. The van der Waals surface area contributed by atoms with Crippen LogP contribution < -0.4 is 24.7 Å². The second kappa shape index (κ2) is 11.0. The third kappa shape index (κ3) is 6.03. The fraction of sp³-hybridized carbons (Fsp3) is 0.292. The Bertz CT molecular complexity index is 1050. The van der Waals surface area contributed by atoms with Gasteiger partial charge in [-0.2, -0.15) is 0 Å². The smallest absolute Gasteiger partial charge is 0.363 e. The maximum Gasteiger partial charge on any atom is 0.363 e. The van der Waals surface area contributed by atoms with Crippen LogP contribution in [0.15, 0.2) is 47.1 Å². The number of nitrogens with zero attached hydrogens (tertiary/aromatic N) is 1. The lowest BCUT2D eigenvalue weighted by Gasteiger charge is -2.14. The lowest BCUT2D eigenvalue weighted by molar-refractivity contribution is -0.130. The van der Waals surface area contributed by atoms with Crippen LogP contribution in [0.5, 0.6) is 23.0 Å². The standard InChI is InChI=1S/C24H26N2O7/c1-4-5-10-31-17-8-6-16(7-9-17)23-26-18(24(28)33-23)11-15-12-19(29-2)22(20(13-15)30-3)32-14-21(25)27/h6-9,11-13H,4-5,10,14H2,1-3H3,(H2,25,27)/b18-11-. The molecule has 1 amide bonds. The van der Waals surface area contributed by atoms with Crippen molar-refractivity contribution in [2.75, 3.05) is 27.4 Å². The van der Waals surface area contributed by atoms with Crippen molar-refractivity contribution in [1.82, 2.24) is 0 Å². The number of benzene rings is 2. The van der Waals surface area contributed by atoms with E-state index < -0.39 is 11.9 Å². The zero-order chi connectivity index (χ0) is 23.8. The molecule has 0 bridgehead atoms. The fourth-order valence-corrected chi connectivity index (χ4v) is 2.99. The molecule has 0 saturated heterocycles. The number of ether oxygens (including phenoxy) is 5. The summed E-state index contributed by atoms with van der Waals surface area (Å²) < 4.78 is 27.1. The predicted octanol–water partition coefficient (Wildman–Crippen LogP) is 3.09. The number of methoxy groups -OCH3 is 2. The van der Waals surface area contributed by atoms with Crippen molar-refractivity contribution in [1.29, 1.82) is 0 Å². The molecular weight excluding hydrogens is 428 g/mol. The predicted molar refractivity (Wildman–Crippen MR) is 122 cm³/mol. The van der Waals surface area contributed by atoms with Gasteiger partial charge in [0.25, 0.3) is 5.91 Å². The number of carbonyl (C=O) groups excluding carboxylic acids is 2. The minimum absolute atomic E-state index is 0.114. The molecule has 0 aromatic heterocycles. The van der Waals surface area contributed by atoms with E-state index >= 15 is 0 Å². The molecular formula is C24H26N2O7. The summed E-state index contributed by atoms with van der Waals surface area (Å²) in [6, 6.07) is 10.4. The van der Waals surface area contributed by atoms with Crippen molar-refractivity contribution in [2.45, 2.75) is 19.8 Å². The molecule has 0 saturated carbocycles. The highest BCUT2D eigenvalue weighted by atomic mass is 16.6. The number of unbranched alkanes of at least 4 members (excludes halogenated alkanes) is 1. The normalized spacial score (nSPS) is 14.0. The van der Waals surface area contributed by atoms with Crippen LogP contribution in [-0.2, 0) is 14.3 Å². The van der Waals surface area contributed by atoms with E-state index in [2.05, 4.69) is 11.9 Å². The minimum atomic E-state index is -0.638. The van der Waals surface area contributed by atoms with Gasteiger partial charge in [0.2, 0.25) is 11.6 Å². The Morgan fingerprint density at radius 2 is 1.76 bits per heavy atom. The number of esters is 1. The number of rotatable bonds is 11. The van der Waals surface area contributed by atoms with Crippen LogP contribution in [0.3, 0.4) is 0 Å². The van der Waals surface area contributed by atoms with Crippen molar-refractivity contribution >= 4 is 23.9 Å². The molecule has 0 unspecified atom stereocenters. The van der Waals surface area contributed by atoms with Gasteiger partial charge in [-0.05, 0) is 54.5 Å². The number of hydrogen-bond donors (Lipinski definition) is 1. The molecule has 9 nitrogen and oxygen atoms in total. The average molecular weight is 454 g/mol. The van der Waals surface area contributed by atoms with E-state index in [9.17, 15) is 9.59 Å². The highest BCUT2D eigenvalue weighted by Crippen LogP contribution is 2.39. The number of hydrogen-bond acceptors (Lipinski definition) is 8. The first-order chi connectivity index (χ1) is 15.9. The molecule has 3 rings (SSSR count). The van der Waals surface area contributed by atoms with Gasteiger partial charge in [0, 0.05) is 5.56 Å². The third-order valence-electron chi connectivity index (χ3n) is 4.63. The first-order valence-electron chi connectivity index (χ1n) is 10.4. The maximum absolute atomic E-state index is 12.4. The second-order valence-corrected chi connectivity index (χ2v) is 7.07. The van der Waals surface area contributed by atoms with Crippen LogP contribution in [-0.4, -0.2) is 45.2 Å². The first kappa shape index (κ1) is 23.6. The molecule has 174 valence electrons. The molecule has 2 N–H and O–H groups in total. The van der Waals surface area contributed by atoms with Gasteiger partial charge < -0.3 is 29.4 Å². The summed E-state index contributed by atoms with van der Waals surface area (Å²) in [5.74, 6) is 0.549. The van der Waals surface area contributed by atoms with E-state index in [1.54, 1.807) is 30.3 Å². The van der Waals surface area contributed by atoms with Crippen LogP contribution in [0, 0.1) is 0 Å². The van der Waals surface area contributed by atoms with Crippen molar-refractivity contribution in [3.63, 3.8) is 0 Å². The third-order valence-corrected chi connectivity index (χ3v) is 4.63. The van der Waals surface area contributed by atoms with E-state index in [-0.39, 0.29) is 24.0 Å².